The number of amides is 9. The van der Waals surface area contributed by atoms with Crippen molar-refractivity contribution in [1.29, 1.82) is 0 Å². The molecule has 21 nitrogen and oxygen atoms in total. The minimum absolute atomic E-state index is 0.0748. The molecule has 6 N–H and O–H groups in total. The Kier molecular flexibility index (Phi) is 27.2. The third-order valence-corrected chi connectivity index (χ3v) is 14.7. The highest BCUT2D eigenvalue weighted by Gasteiger charge is 2.44. The minimum atomic E-state index is -1.23. The molecule has 1 aromatic rings. The average Bonchev–Trinajstić information content (AvgIpc) is 4.00. The molecule has 9 amide bonds. The van der Waals surface area contributed by atoms with Gasteiger partial charge in [0.2, 0.25) is 41.4 Å². The number of hydrogen-bond donors (Lipinski definition) is 6. The van der Waals surface area contributed by atoms with Gasteiger partial charge >= 0.3 is 0 Å². The number of rotatable bonds is 32. The van der Waals surface area contributed by atoms with Gasteiger partial charge in [0, 0.05) is 65.9 Å². The molecule has 0 saturated carbocycles. The first-order valence-electron chi connectivity index (χ1n) is 27.0. The second kappa shape index (κ2) is 32.1. The third kappa shape index (κ3) is 19.1. The van der Waals surface area contributed by atoms with E-state index in [0.717, 1.165) is 10.5 Å². The number of likely N-dealkylation sites (N-methyl/N-ethyl adjacent to an activating group) is 2. The zero-order valence-corrected chi connectivity index (χ0v) is 47.1. The molecule has 1 saturated heterocycles. The highest BCUT2D eigenvalue weighted by Crippen LogP contribution is 2.30. The molecule has 0 aliphatic carbocycles. The Hall–Kier alpha value is -5.77. The highest BCUT2D eigenvalue weighted by molar-refractivity contribution is 6.12. The maximum atomic E-state index is 14.7. The van der Waals surface area contributed by atoms with Gasteiger partial charge in [-0.3, -0.25) is 63.8 Å². The molecule has 0 radical (unpaired) electrons. The van der Waals surface area contributed by atoms with E-state index in [-0.39, 0.29) is 85.5 Å². The van der Waals surface area contributed by atoms with E-state index in [9.17, 15) is 48.3 Å². The topological polar surface area (TPSA) is 265 Å². The second-order valence-electron chi connectivity index (χ2n) is 21.1. The van der Waals surface area contributed by atoms with Crippen LogP contribution in [0.4, 0.5) is 0 Å². The van der Waals surface area contributed by atoms with Crippen LogP contribution in [-0.4, -0.2) is 174 Å². The third-order valence-electron chi connectivity index (χ3n) is 14.7. The molecule has 0 bridgehead atoms. The van der Waals surface area contributed by atoms with Crippen LogP contribution in [0.15, 0.2) is 42.5 Å². The quantitative estimate of drug-likeness (QED) is 0.0345. The van der Waals surface area contributed by atoms with Crippen LogP contribution < -0.4 is 26.8 Å². The summed E-state index contributed by atoms with van der Waals surface area (Å²) >= 11 is 0. The lowest BCUT2D eigenvalue weighted by Crippen LogP contribution is -2.60. The SMILES string of the molecule is CCC(C)C(C(CC(=O)N1CCC[C@H]1C(OC)C(C)C(=O)NC(C(=O)NCc1ccccc1)C(C)O)OC)N(C)C(=O)C(NC(=O)C(C(C)C)N(C)CCCC(=O)NNC(=O)CCCCCN1C(=O)C=CC1=O)C(C)C. The smallest absolute Gasteiger partial charge is 0.253 e. The van der Waals surface area contributed by atoms with E-state index in [2.05, 4.69) is 26.8 Å². The zero-order chi connectivity index (χ0) is 56.8. The summed E-state index contributed by atoms with van der Waals surface area (Å²) in [6.45, 7) is 15.8. The van der Waals surface area contributed by atoms with E-state index >= 15 is 0 Å². The van der Waals surface area contributed by atoms with Gasteiger partial charge in [-0.15, -0.1) is 0 Å². The van der Waals surface area contributed by atoms with Crippen LogP contribution in [0.3, 0.4) is 0 Å². The van der Waals surface area contributed by atoms with Gasteiger partial charge < -0.3 is 40.3 Å². The van der Waals surface area contributed by atoms with Crippen molar-refractivity contribution in [2.45, 2.75) is 175 Å². The van der Waals surface area contributed by atoms with Crippen molar-refractivity contribution in [3.05, 3.63) is 48.0 Å². The molecule has 10 atom stereocenters. The predicted octanol–water partition coefficient (Wildman–Crippen LogP) is 2.60. The maximum Gasteiger partial charge on any atom is 0.253 e. The zero-order valence-electron chi connectivity index (χ0n) is 47.1. The number of imide groups is 1. The van der Waals surface area contributed by atoms with Crippen molar-refractivity contribution in [2.24, 2.45) is 23.7 Å². The summed E-state index contributed by atoms with van der Waals surface area (Å²) in [7, 11) is 6.43. The number of hydrogen-bond acceptors (Lipinski definition) is 13. The first-order chi connectivity index (χ1) is 36.0. The molecule has 1 fully saturated rings. The van der Waals surface area contributed by atoms with Crippen LogP contribution in [0.2, 0.25) is 0 Å². The van der Waals surface area contributed by atoms with Crippen molar-refractivity contribution in [2.75, 3.05) is 47.9 Å². The predicted molar refractivity (Wildman–Crippen MR) is 286 cm³/mol. The van der Waals surface area contributed by atoms with E-state index in [0.29, 0.717) is 58.0 Å². The molecule has 21 heteroatoms. The molecule has 0 aromatic heterocycles. The van der Waals surface area contributed by atoms with Gasteiger partial charge in [0.1, 0.15) is 12.1 Å². The van der Waals surface area contributed by atoms with Crippen LogP contribution in [0.25, 0.3) is 0 Å². The monoisotopic (exact) mass is 1070 g/mol. The number of hydrazine groups is 1. The number of carbonyl (C=O) groups excluding carboxylic acids is 9. The fraction of sp³-hybridized carbons (Fsp3) is 0.691. The number of aliphatic hydroxyl groups is 1. The Morgan fingerprint density at radius 2 is 1.37 bits per heavy atom. The van der Waals surface area contributed by atoms with Crippen LogP contribution in [0.1, 0.15) is 125 Å². The summed E-state index contributed by atoms with van der Waals surface area (Å²) < 4.78 is 12.0. The molecule has 9 unspecified atom stereocenters. The Balaban J connectivity index is 1.61. The van der Waals surface area contributed by atoms with Gasteiger partial charge in [0.05, 0.1) is 48.8 Å². The lowest BCUT2D eigenvalue weighted by molar-refractivity contribution is -0.148. The Morgan fingerprint density at radius 1 is 0.763 bits per heavy atom. The number of carbonyl (C=O) groups is 9. The number of likely N-dealkylation sites (tertiary alicyclic amines) is 1. The maximum absolute atomic E-state index is 14.7. The molecule has 3 rings (SSSR count). The first kappa shape index (κ1) is 64.5. The van der Waals surface area contributed by atoms with Gasteiger partial charge in [-0.25, -0.2) is 0 Å². The summed E-state index contributed by atoms with van der Waals surface area (Å²) in [5.41, 5.74) is 5.71. The minimum Gasteiger partial charge on any atom is -0.391 e. The standard InChI is InChI=1S/C55H89N9O12/c1-13-36(6)50(41(75-11)32-46(70)63-31-20-24-40(63)51(76-12)37(7)52(71)58-48(38(8)65)53(72)56-33-39-22-16-14-17-23-39)62(10)55(74)47(34(2)3)57-54(73)49(35(4)5)61(9)29-21-26-43(67)60-59-42(66)25-18-15-19-30-64-44(68)27-28-45(64)69/h14,16-17,22-23,27-28,34-38,40-41,47-51,65H,13,15,18-21,24-26,29-33H2,1-12H3,(H,56,72)(H,57,73)(H,58,71)(H,59,66)(H,60,67)/t36?,37?,38?,40-,41?,47?,48?,49?,50?,51?/m0/s1. The van der Waals surface area contributed by atoms with E-state index in [1.54, 1.807) is 30.8 Å². The fourth-order valence-electron chi connectivity index (χ4n) is 10.2. The lowest BCUT2D eigenvalue weighted by atomic mass is 9.89. The molecule has 2 aliphatic rings. The van der Waals surface area contributed by atoms with Gasteiger partial charge in [0.25, 0.3) is 11.8 Å². The van der Waals surface area contributed by atoms with Crippen molar-refractivity contribution in [3.8, 4) is 0 Å². The Labute approximate surface area is 450 Å². The van der Waals surface area contributed by atoms with E-state index in [1.165, 1.54) is 33.3 Å². The number of methoxy groups -OCH3 is 2. The van der Waals surface area contributed by atoms with Crippen LogP contribution >= 0.6 is 0 Å². The Morgan fingerprint density at radius 3 is 1.92 bits per heavy atom. The van der Waals surface area contributed by atoms with Crippen molar-refractivity contribution >= 4 is 53.2 Å². The molecule has 2 aliphatic heterocycles. The molecule has 76 heavy (non-hydrogen) atoms. The molecular formula is C55H89N9O12. The van der Waals surface area contributed by atoms with Crippen molar-refractivity contribution in [1.82, 2.24) is 46.4 Å². The molecule has 0 spiro atoms. The molecule has 2 heterocycles. The lowest BCUT2D eigenvalue weighted by Gasteiger charge is -2.41. The number of benzene rings is 1. The highest BCUT2D eigenvalue weighted by atomic mass is 16.5. The Bertz CT molecular complexity index is 2110. The number of unbranched alkanes of at least 4 members (excludes halogenated alkanes) is 2. The molecule has 1 aromatic carbocycles. The number of aliphatic hydroxyl groups excluding tert-OH is 1. The summed E-state index contributed by atoms with van der Waals surface area (Å²) in [5, 5.41) is 19.1. The average molecular weight is 1070 g/mol. The van der Waals surface area contributed by atoms with Crippen LogP contribution in [0, 0.1) is 23.7 Å². The number of nitrogens with zero attached hydrogens (tertiary/aromatic N) is 4. The summed E-state index contributed by atoms with van der Waals surface area (Å²) in [6, 6.07) is 5.37. The summed E-state index contributed by atoms with van der Waals surface area (Å²) in [6.07, 6.45) is 3.83. The van der Waals surface area contributed by atoms with Gasteiger partial charge in [0.15, 0.2) is 0 Å². The fourth-order valence-corrected chi connectivity index (χ4v) is 10.2. The van der Waals surface area contributed by atoms with E-state index < -0.39 is 72.2 Å². The summed E-state index contributed by atoms with van der Waals surface area (Å²) in [5.74, 6) is -4.91. The normalized spacial score (nSPS) is 18.1. The van der Waals surface area contributed by atoms with Crippen molar-refractivity contribution < 1.29 is 57.7 Å². The van der Waals surface area contributed by atoms with Crippen molar-refractivity contribution in [3.63, 3.8) is 0 Å². The molecule has 426 valence electrons. The van der Waals surface area contributed by atoms with Gasteiger partial charge in [-0.2, -0.15) is 0 Å². The van der Waals surface area contributed by atoms with Crippen LogP contribution in [-0.2, 0) is 59.2 Å². The summed E-state index contributed by atoms with van der Waals surface area (Å²) in [4.78, 5) is 125. The van der Waals surface area contributed by atoms with Gasteiger partial charge in [-0.1, -0.05) is 91.6 Å². The number of ether oxygens (including phenoxy) is 2. The van der Waals surface area contributed by atoms with E-state index in [1.807, 2.05) is 76.8 Å². The van der Waals surface area contributed by atoms with Gasteiger partial charge in [-0.05, 0) is 75.9 Å². The largest absolute Gasteiger partial charge is 0.391 e. The first-order valence-corrected chi connectivity index (χ1v) is 27.0. The van der Waals surface area contributed by atoms with E-state index in [4.69, 9.17) is 9.47 Å². The molecular weight excluding hydrogens is 979 g/mol. The number of nitrogens with one attached hydrogen (secondary N) is 5. The second-order valence-corrected chi connectivity index (χ2v) is 21.1. The van der Waals surface area contributed by atoms with Crippen LogP contribution in [0.5, 0.6) is 0 Å².